The molecule has 118 valence electrons. The molecule has 0 unspecified atom stereocenters. The van der Waals surface area contributed by atoms with Crippen LogP contribution < -0.4 is 5.56 Å². The number of Topliss-reactive ketones (excluding diaryl/α,β-unsaturated/α-hetero) is 1. The van der Waals surface area contributed by atoms with Gasteiger partial charge in [-0.2, -0.15) is 0 Å². The fourth-order valence-corrected chi connectivity index (χ4v) is 4.85. The van der Waals surface area contributed by atoms with E-state index in [0.717, 1.165) is 9.71 Å². The Morgan fingerprint density at radius 2 is 2.17 bits per heavy atom. The Bertz CT molecular complexity index is 907. The molecule has 1 aliphatic carbocycles. The molecule has 1 saturated carbocycles. The molecular formula is C16H14N2O2S3. The fraction of sp³-hybridized carbons (Fsp3) is 0.312. The van der Waals surface area contributed by atoms with Crippen molar-refractivity contribution in [1.82, 2.24) is 9.55 Å². The molecule has 0 aliphatic heterocycles. The predicted molar refractivity (Wildman–Crippen MR) is 96.0 cm³/mol. The van der Waals surface area contributed by atoms with Crippen molar-refractivity contribution < 1.29 is 4.79 Å². The van der Waals surface area contributed by atoms with Gasteiger partial charge in [0.05, 0.1) is 16.0 Å². The second kappa shape index (κ2) is 6.22. The van der Waals surface area contributed by atoms with Gasteiger partial charge in [-0.05, 0) is 41.7 Å². The zero-order valence-electron chi connectivity index (χ0n) is 12.2. The van der Waals surface area contributed by atoms with Gasteiger partial charge in [0.15, 0.2) is 10.9 Å². The van der Waals surface area contributed by atoms with Gasteiger partial charge < -0.3 is 0 Å². The van der Waals surface area contributed by atoms with Gasteiger partial charge in [0.1, 0.15) is 4.83 Å². The first kappa shape index (κ1) is 15.1. The van der Waals surface area contributed by atoms with E-state index in [9.17, 15) is 9.59 Å². The van der Waals surface area contributed by atoms with Crippen LogP contribution in [-0.2, 0) is 6.54 Å². The molecule has 0 saturated heterocycles. The Labute approximate surface area is 145 Å². The summed E-state index contributed by atoms with van der Waals surface area (Å²) in [5, 5.41) is 5.15. The third kappa shape index (κ3) is 3.13. The topological polar surface area (TPSA) is 52.0 Å². The number of hydrogen-bond donors (Lipinski definition) is 0. The van der Waals surface area contributed by atoms with Crippen LogP contribution in [0.1, 0.15) is 22.5 Å². The van der Waals surface area contributed by atoms with Crippen molar-refractivity contribution in [2.75, 3.05) is 5.75 Å². The van der Waals surface area contributed by atoms with E-state index in [1.54, 1.807) is 4.57 Å². The zero-order chi connectivity index (χ0) is 15.8. The molecule has 0 amide bonds. The smallest absolute Gasteiger partial charge is 0.262 e. The number of thiophene rings is 2. The summed E-state index contributed by atoms with van der Waals surface area (Å²) in [4.78, 5) is 31.0. The highest BCUT2D eigenvalue weighted by molar-refractivity contribution is 7.99. The van der Waals surface area contributed by atoms with E-state index >= 15 is 0 Å². The summed E-state index contributed by atoms with van der Waals surface area (Å²) in [5.74, 6) is 0.982. The SMILES string of the molecule is O=C(CSc1nc2sccc2c(=O)n1CC1CC1)c1cccs1. The van der Waals surface area contributed by atoms with Crippen molar-refractivity contribution in [2.24, 2.45) is 5.92 Å². The molecule has 1 aliphatic rings. The first-order chi connectivity index (χ1) is 11.2. The first-order valence-electron chi connectivity index (χ1n) is 7.40. The molecule has 0 N–H and O–H groups in total. The fourth-order valence-electron chi connectivity index (χ4n) is 2.40. The van der Waals surface area contributed by atoms with Crippen LogP contribution in [0.25, 0.3) is 10.2 Å². The highest BCUT2D eigenvalue weighted by Gasteiger charge is 2.25. The Morgan fingerprint density at radius 3 is 2.91 bits per heavy atom. The molecule has 0 atom stereocenters. The molecule has 1 fully saturated rings. The van der Waals surface area contributed by atoms with Gasteiger partial charge in [0.2, 0.25) is 0 Å². The van der Waals surface area contributed by atoms with Gasteiger partial charge in [0.25, 0.3) is 5.56 Å². The summed E-state index contributed by atoms with van der Waals surface area (Å²) >= 11 is 4.29. The lowest BCUT2D eigenvalue weighted by atomic mass is 10.3. The van der Waals surface area contributed by atoms with E-state index in [2.05, 4.69) is 4.98 Å². The van der Waals surface area contributed by atoms with Crippen LogP contribution in [0, 0.1) is 5.92 Å². The number of nitrogens with zero attached hydrogens (tertiary/aromatic N) is 2. The Morgan fingerprint density at radius 1 is 1.30 bits per heavy atom. The summed E-state index contributed by atoms with van der Waals surface area (Å²) in [6, 6.07) is 5.55. The largest absolute Gasteiger partial charge is 0.292 e. The molecular weight excluding hydrogens is 348 g/mol. The maximum absolute atomic E-state index is 12.7. The number of aromatic nitrogens is 2. The Kier molecular flexibility index (Phi) is 4.09. The minimum atomic E-state index is 0.0224. The van der Waals surface area contributed by atoms with E-state index in [1.165, 1.54) is 47.3 Å². The number of rotatable bonds is 6. The highest BCUT2D eigenvalue weighted by atomic mass is 32.2. The van der Waals surface area contributed by atoms with Crippen molar-refractivity contribution in [3.8, 4) is 0 Å². The monoisotopic (exact) mass is 362 g/mol. The molecule has 7 heteroatoms. The Hall–Kier alpha value is -1.44. The second-order valence-electron chi connectivity index (χ2n) is 5.58. The lowest BCUT2D eigenvalue weighted by Crippen LogP contribution is -2.24. The van der Waals surface area contributed by atoms with Crippen molar-refractivity contribution in [2.45, 2.75) is 24.5 Å². The highest BCUT2D eigenvalue weighted by Crippen LogP contribution is 2.32. The minimum absolute atomic E-state index is 0.0224. The van der Waals surface area contributed by atoms with Crippen LogP contribution in [0.5, 0.6) is 0 Å². The molecule has 0 bridgehead atoms. The third-order valence-electron chi connectivity index (χ3n) is 3.81. The second-order valence-corrected chi connectivity index (χ2v) is 8.37. The number of carbonyl (C=O) groups is 1. The number of thioether (sulfide) groups is 1. The number of hydrogen-bond acceptors (Lipinski definition) is 6. The van der Waals surface area contributed by atoms with E-state index in [0.29, 0.717) is 28.8 Å². The van der Waals surface area contributed by atoms with Crippen molar-refractivity contribution in [3.63, 3.8) is 0 Å². The van der Waals surface area contributed by atoms with E-state index in [4.69, 9.17) is 0 Å². The van der Waals surface area contributed by atoms with Gasteiger partial charge in [-0.25, -0.2) is 4.98 Å². The van der Waals surface area contributed by atoms with Crippen LogP contribution in [0.3, 0.4) is 0 Å². The zero-order valence-corrected chi connectivity index (χ0v) is 14.7. The van der Waals surface area contributed by atoms with Gasteiger partial charge in [-0.15, -0.1) is 22.7 Å². The summed E-state index contributed by atoms with van der Waals surface area (Å²) in [5.41, 5.74) is 0.0224. The van der Waals surface area contributed by atoms with Crippen LogP contribution >= 0.6 is 34.4 Å². The normalized spacial score (nSPS) is 14.4. The van der Waals surface area contributed by atoms with Crippen LogP contribution in [0.15, 0.2) is 38.9 Å². The van der Waals surface area contributed by atoms with Gasteiger partial charge in [-0.3, -0.25) is 14.2 Å². The van der Waals surface area contributed by atoms with Crippen molar-refractivity contribution in [1.29, 1.82) is 0 Å². The molecule has 3 aromatic heterocycles. The summed E-state index contributed by atoms with van der Waals surface area (Å²) in [6.07, 6.45) is 2.35. The summed E-state index contributed by atoms with van der Waals surface area (Å²) in [6.45, 7) is 0.715. The molecule has 0 spiro atoms. The molecule has 4 rings (SSSR count). The number of carbonyl (C=O) groups excluding carboxylic acids is 1. The van der Waals surface area contributed by atoms with Gasteiger partial charge in [0, 0.05) is 6.54 Å². The summed E-state index contributed by atoms with van der Waals surface area (Å²) < 4.78 is 1.76. The van der Waals surface area contributed by atoms with Crippen molar-refractivity contribution in [3.05, 3.63) is 44.2 Å². The minimum Gasteiger partial charge on any atom is -0.292 e. The lowest BCUT2D eigenvalue weighted by Gasteiger charge is -2.11. The van der Waals surface area contributed by atoms with Crippen LogP contribution in [0.4, 0.5) is 0 Å². The van der Waals surface area contributed by atoms with E-state index in [-0.39, 0.29) is 11.3 Å². The molecule has 4 nitrogen and oxygen atoms in total. The maximum atomic E-state index is 12.7. The molecule has 3 aromatic rings. The average molecular weight is 363 g/mol. The van der Waals surface area contributed by atoms with Crippen LogP contribution in [-0.4, -0.2) is 21.1 Å². The molecule has 0 radical (unpaired) electrons. The first-order valence-corrected chi connectivity index (χ1v) is 10.1. The predicted octanol–water partition coefficient (Wildman–Crippen LogP) is 3.90. The summed E-state index contributed by atoms with van der Waals surface area (Å²) in [7, 11) is 0. The Balaban J connectivity index is 1.64. The van der Waals surface area contributed by atoms with Crippen molar-refractivity contribution >= 4 is 50.4 Å². The number of ketones is 1. The van der Waals surface area contributed by atoms with E-state index in [1.807, 2.05) is 29.0 Å². The lowest BCUT2D eigenvalue weighted by molar-refractivity contribution is 0.102. The molecule has 3 heterocycles. The van der Waals surface area contributed by atoms with Gasteiger partial charge in [-0.1, -0.05) is 17.8 Å². The van der Waals surface area contributed by atoms with E-state index < -0.39 is 0 Å². The quantitative estimate of drug-likeness (QED) is 0.379. The van der Waals surface area contributed by atoms with Crippen LogP contribution in [0.2, 0.25) is 0 Å². The third-order valence-corrected chi connectivity index (χ3v) is 6.51. The average Bonchev–Trinajstić information content (AvgIpc) is 3.04. The molecule has 0 aromatic carbocycles. The number of fused-ring (bicyclic) bond motifs is 1. The standard InChI is InChI=1S/C16H14N2O2S3/c19-12(13-2-1-6-21-13)9-23-16-17-14-11(5-7-22-14)15(20)18(16)8-10-3-4-10/h1-2,5-7,10H,3-4,8-9H2. The molecule has 23 heavy (non-hydrogen) atoms. The van der Waals surface area contributed by atoms with Gasteiger partial charge >= 0.3 is 0 Å². The maximum Gasteiger partial charge on any atom is 0.262 e.